The van der Waals surface area contributed by atoms with Crippen molar-refractivity contribution in [3.8, 4) is 0 Å². The predicted molar refractivity (Wildman–Crippen MR) is 74.0 cm³/mol. The molecule has 0 spiro atoms. The van der Waals surface area contributed by atoms with Crippen molar-refractivity contribution >= 4 is 11.8 Å². The van der Waals surface area contributed by atoms with Gasteiger partial charge in [0.25, 0.3) is 5.91 Å². The van der Waals surface area contributed by atoms with Gasteiger partial charge in [0, 0.05) is 6.54 Å². The number of hydrogen-bond acceptors (Lipinski definition) is 4. The van der Waals surface area contributed by atoms with Crippen LogP contribution < -0.4 is 16.4 Å². The first-order valence-corrected chi connectivity index (χ1v) is 6.83. The van der Waals surface area contributed by atoms with Crippen LogP contribution in [0.5, 0.6) is 0 Å². The molecule has 0 aromatic carbocycles. The first-order chi connectivity index (χ1) is 9.46. The van der Waals surface area contributed by atoms with Crippen LogP contribution in [0.3, 0.4) is 0 Å². The van der Waals surface area contributed by atoms with Crippen LogP contribution >= 0.6 is 0 Å². The van der Waals surface area contributed by atoms with E-state index in [2.05, 4.69) is 10.6 Å². The Morgan fingerprint density at radius 2 is 2.25 bits per heavy atom. The Bertz CT molecular complexity index is 482. The molecule has 0 saturated heterocycles. The molecule has 20 heavy (non-hydrogen) atoms. The minimum Gasteiger partial charge on any atom is -0.459 e. The van der Waals surface area contributed by atoms with Gasteiger partial charge in [0.1, 0.15) is 6.04 Å². The van der Waals surface area contributed by atoms with Gasteiger partial charge in [-0.3, -0.25) is 9.59 Å². The van der Waals surface area contributed by atoms with Crippen molar-refractivity contribution in [2.75, 3.05) is 6.54 Å². The normalized spacial score (nSPS) is 18.9. The first-order valence-electron chi connectivity index (χ1n) is 6.83. The molecule has 1 saturated carbocycles. The Kier molecular flexibility index (Phi) is 4.13. The van der Waals surface area contributed by atoms with Gasteiger partial charge in [-0.25, -0.2) is 0 Å². The molecule has 0 aliphatic heterocycles. The number of amides is 2. The molecule has 1 fully saturated rings. The van der Waals surface area contributed by atoms with Crippen LogP contribution in [0.1, 0.15) is 37.2 Å². The largest absolute Gasteiger partial charge is 0.459 e. The molecule has 1 aromatic rings. The molecule has 6 heteroatoms. The van der Waals surface area contributed by atoms with Gasteiger partial charge in [-0.05, 0) is 44.7 Å². The van der Waals surface area contributed by atoms with E-state index in [0.717, 1.165) is 12.8 Å². The SMILES string of the molecule is CC(NC(=O)c1ccco1)C(=O)NC(C)(CN)C1CC1. The van der Waals surface area contributed by atoms with Gasteiger partial charge < -0.3 is 20.8 Å². The van der Waals surface area contributed by atoms with Crippen LogP contribution in [0.25, 0.3) is 0 Å². The first kappa shape index (κ1) is 14.6. The lowest BCUT2D eigenvalue weighted by Gasteiger charge is -2.31. The molecule has 2 rings (SSSR count). The highest BCUT2D eigenvalue weighted by atomic mass is 16.3. The van der Waals surface area contributed by atoms with Gasteiger partial charge in [0.15, 0.2) is 5.76 Å². The van der Waals surface area contributed by atoms with E-state index in [1.807, 2.05) is 6.92 Å². The molecule has 2 amide bonds. The van der Waals surface area contributed by atoms with Crippen molar-refractivity contribution < 1.29 is 14.0 Å². The summed E-state index contributed by atoms with van der Waals surface area (Å²) < 4.78 is 4.98. The van der Waals surface area contributed by atoms with E-state index < -0.39 is 11.9 Å². The van der Waals surface area contributed by atoms with E-state index >= 15 is 0 Å². The summed E-state index contributed by atoms with van der Waals surface area (Å²) >= 11 is 0. The van der Waals surface area contributed by atoms with Crippen LogP contribution in [-0.4, -0.2) is 29.9 Å². The quantitative estimate of drug-likeness (QED) is 0.712. The third-order valence-electron chi connectivity index (χ3n) is 3.80. The van der Waals surface area contributed by atoms with Gasteiger partial charge in [-0.15, -0.1) is 0 Å². The Balaban J connectivity index is 1.90. The van der Waals surface area contributed by atoms with Crippen LogP contribution in [0.2, 0.25) is 0 Å². The van der Waals surface area contributed by atoms with Crippen molar-refractivity contribution in [3.63, 3.8) is 0 Å². The molecule has 110 valence electrons. The Hall–Kier alpha value is -1.82. The number of carbonyl (C=O) groups is 2. The van der Waals surface area contributed by atoms with Gasteiger partial charge >= 0.3 is 0 Å². The minimum atomic E-state index is -0.641. The maximum atomic E-state index is 12.1. The minimum absolute atomic E-state index is 0.188. The molecule has 4 N–H and O–H groups in total. The Labute approximate surface area is 118 Å². The topological polar surface area (TPSA) is 97.4 Å². The zero-order valence-corrected chi connectivity index (χ0v) is 11.8. The van der Waals surface area contributed by atoms with Crippen molar-refractivity contribution in [1.82, 2.24) is 10.6 Å². The molecule has 1 aliphatic carbocycles. The fourth-order valence-electron chi connectivity index (χ4n) is 2.17. The Morgan fingerprint density at radius 3 is 2.75 bits per heavy atom. The standard InChI is InChI=1S/C14H21N3O3/c1-9(16-13(19)11-4-3-7-20-11)12(18)17-14(2,8-15)10-5-6-10/h3-4,7,9-10H,5-6,8,15H2,1-2H3,(H,16,19)(H,17,18). The van der Waals surface area contributed by atoms with E-state index in [0.29, 0.717) is 12.5 Å². The molecular weight excluding hydrogens is 258 g/mol. The lowest BCUT2D eigenvalue weighted by Crippen LogP contribution is -2.57. The summed E-state index contributed by atoms with van der Waals surface area (Å²) in [5, 5.41) is 5.55. The maximum absolute atomic E-state index is 12.1. The summed E-state index contributed by atoms with van der Waals surface area (Å²) in [6, 6.07) is 2.53. The highest BCUT2D eigenvalue weighted by molar-refractivity contribution is 5.95. The maximum Gasteiger partial charge on any atom is 0.287 e. The fraction of sp³-hybridized carbons (Fsp3) is 0.571. The molecule has 2 atom stereocenters. The number of nitrogens with two attached hydrogens (primary N) is 1. The average molecular weight is 279 g/mol. The third-order valence-corrected chi connectivity index (χ3v) is 3.80. The summed E-state index contributed by atoms with van der Waals surface area (Å²) in [5.41, 5.74) is 5.37. The molecule has 2 unspecified atom stereocenters. The number of rotatable bonds is 6. The molecule has 1 aliphatic rings. The van der Waals surface area contributed by atoms with Crippen LogP contribution in [0, 0.1) is 5.92 Å². The van der Waals surface area contributed by atoms with Crippen molar-refractivity contribution in [2.24, 2.45) is 11.7 Å². The highest BCUT2D eigenvalue weighted by Crippen LogP contribution is 2.38. The number of nitrogens with one attached hydrogen (secondary N) is 2. The molecule has 1 aromatic heterocycles. The molecule has 0 radical (unpaired) electrons. The van der Waals surface area contributed by atoms with E-state index in [1.165, 1.54) is 6.26 Å². The van der Waals surface area contributed by atoms with Gasteiger partial charge in [0.2, 0.25) is 5.91 Å². The lowest BCUT2D eigenvalue weighted by molar-refractivity contribution is -0.124. The second-order valence-electron chi connectivity index (χ2n) is 5.56. The van der Waals surface area contributed by atoms with E-state index in [4.69, 9.17) is 10.2 Å². The molecule has 1 heterocycles. The fourth-order valence-corrected chi connectivity index (χ4v) is 2.17. The number of hydrogen-bond donors (Lipinski definition) is 3. The van der Waals surface area contributed by atoms with Crippen LogP contribution in [0.4, 0.5) is 0 Å². The van der Waals surface area contributed by atoms with Crippen molar-refractivity contribution in [1.29, 1.82) is 0 Å². The predicted octanol–water partition coefficient (Wildman–Crippen LogP) is 0.642. The van der Waals surface area contributed by atoms with E-state index in [1.54, 1.807) is 19.1 Å². The summed E-state index contributed by atoms with van der Waals surface area (Å²) in [6.07, 6.45) is 3.58. The lowest BCUT2D eigenvalue weighted by atomic mass is 9.95. The van der Waals surface area contributed by atoms with Gasteiger partial charge in [0.05, 0.1) is 11.8 Å². The molecular formula is C14H21N3O3. The van der Waals surface area contributed by atoms with Crippen molar-refractivity contribution in [2.45, 2.75) is 38.3 Å². The zero-order valence-electron chi connectivity index (χ0n) is 11.8. The second kappa shape index (κ2) is 5.66. The smallest absolute Gasteiger partial charge is 0.287 e. The summed E-state index contributed by atoms with van der Waals surface area (Å²) in [5.74, 6) is -0.0128. The monoisotopic (exact) mass is 279 g/mol. The van der Waals surface area contributed by atoms with Crippen LogP contribution in [0.15, 0.2) is 22.8 Å². The summed E-state index contributed by atoms with van der Waals surface area (Å²) in [7, 11) is 0. The second-order valence-corrected chi connectivity index (χ2v) is 5.56. The molecule has 0 bridgehead atoms. The summed E-state index contributed by atoms with van der Waals surface area (Å²) in [6.45, 7) is 3.98. The third kappa shape index (κ3) is 3.19. The number of carbonyl (C=O) groups excluding carboxylic acids is 2. The van der Waals surface area contributed by atoms with Gasteiger partial charge in [-0.1, -0.05) is 0 Å². The summed E-state index contributed by atoms with van der Waals surface area (Å²) in [4.78, 5) is 23.9. The van der Waals surface area contributed by atoms with Gasteiger partial charge in [-0.2, -0.15) is 0 Å². The zero-order chi connectivity index (χ0) is 14.8. The Morgan fingerprint density at radius 1 is 1.55 bits per heavy atom. The van der Waals surface area contributed by atoms with E-state index in [9.17, 15) is 9.59 Å². The number of furan rings is 1. The molecule has 6 nitrogen and oxygen atoms in total. The average Bonchev–Trinajstić information content (AvgIpc) is 3.14. The highest BCUT2D eigenvalue weighted by Gasteiger charge is 2.42. The van der Waals surface area contributed by atoms with Crippen LogP contribution in [-0.2, 0) is 4.79 Å². The van der Waals surface area contributed by atoms with E-state index in [-0.39, 0.29) is 17.2 Å². The van der Waals surface area contributed by atoms with Crippen molar-refractivity contribution in [3.05, 3.63) is 24.2 Å².